The third-order valence-electron chi connectivity index (χ3n) is 9.62. The lowest BCUT2D eigenvalue weighted by Crippen LogP contribution is -2.51. The van der Waals surface area contributed by atoms with Gasteiger partial charge in [-0.1, -0.05) is 30.6 Å². The van der Waals surface area contributed by atoms with Crippen LogP contribution in [-0.2, 0) is 4.79 Å². The Bertz CT molecular complexity index is 1310. The summed E-state index contributed by atoms with van der Waals surface area (Å²) in [6, 6.07) is 12.7. The number of nitrogens with zero attached hydrogens (tertiary/aromatic N) is 3. The summed E-state index contributed by atoms with van der Waals surface area (Å²) in [5.74, 6) is 6.32. The lowest BCUT2D eigenvalue weighted by Gasteiger charge is -2.54. The quantitative estimate of drug-likeness (QED) is 0.600. The minimum Gasteiger partial charge on any atom is -0.378 e. The van der Waals surface area contributed by atoms with E-state index in [0.29, 0.717) is 6.42 Å². The van der Waals surface area contributed by atoms with Crippen molar-refractivity contribution in [3.63, 3.8) is 0 Å². The van der Waals surface area contributed by atoms with Crippen molar-refractivity contribution in [2.45, 2.75) is 63.9 Å². The molecule has 5 rings (SSSR count). The maximum atomic E-state index is 12.8. The highest BCUT2D eigenvalue weighted by molar-refractivity contribution is 6.02. The second-order valence-electron chi connectivity index (χ2n) is 11.5. The minimum atomic E-state index is -1.65. The van der Waals surface area contributed by atoms with Crippen molar-refractivity contribution in [3.05, 3.63) is 52.6 Å². The van der Waals surface area contributed by atoms with Crippen molar-refractivity contribution in [1.82, 2.24) is 0 Å². The number of aliphatic hydroxyl groups is 1. The lowest BCUT2D eigenvalue weighted by atomic mass is 9.50. The van der Waals surface area contributed by atoms with E-state index >= 15 is 0 Å². The Morgan fingerprint density at radius 1 is 1.11 bits per heavy atom. The summed E-state index contributed by atoms with van der Waals surface area (Å²) in [7, 11) is 4.04. The third-order valence-corrected chi connectivity index (χ3v) is 9.62. The minimum absolute atomic E-state index is 0.0257. The fourth-order valence-electron chi connectivity index (χ4n) is 7.62. The van der Waals surface area contributed by atoms with E-state index in [-0.39, 0.29) is 35.4 Å². The second kappa shape index (κ2) is 8.37. The van der Waals surface area contributed by atoms with Gasteiger partial charge in [0.2, 0.25) is 5.41 Å². The number of anilines is 1. The molecule has 184 valence electrons. The van der Waals surface area contributed by atoms with Crippen molar-refractivity contribution in [2.24, 2.45) is 22.7 Å². The SMILES string of the molecule is CC#C[C@]1(O)CC[C@H]2[C@@H]3CCC4=CC(=O)C(C#N)(C#N)CC4=C3[C@@H](c3ccc(N(C)C)cc3)C[C@@]21C. The summed E-state index contributed by atoms with van der Waals surface area (Å²) in [5, 5.41) is 31.6. The molecule has 0 heterocycles. The summed E-state index contributed by atoms with van der Waals surface area (Å²) in [6.07, 6.45) is 5.70. The molecular weight excluding hydrogens is 446 g/mol. The van der Waals surface area contributed by atoms with Crippen LogP contribution in [0.3, 0.4) is 0 Å². The number of hydrogen-bond donors (Lipinski definition) is 1. The van der Waals surface area contributed by atoms with Gasteiger partial charge in [0.05, 0.1) is 12.1 Å². The number of hydrogen-bond acceptors (Lipinski definition) is 5. The predicted octanol–water partition coefficient (Wildman–Crippen LogP) is 5.05. The highest BCUT2D eigenvalue weighted by Crippen LogP contribution is 2.67. The van der Waals surface area contributed by atoms with Crippen LogP contribution in [0.4, 0.5) is 5.69 Å². The Morgan fingerprint density at radius 2 is 1.81 bits per heavy atom. The van der Waals surface area contributed by atoms with Crippen molar-refractivity contribution < 1.29 is 9.90 Å². The number of allylic oxidation sites excluding steroid dienone is 4. The van der Waals surface area contributed by atoms with Gasteiger partial charge in [-0.05, 0) is 85.8 Å². The van der Waals surface area contributed by atoms with Gasteiger partial charge in [-0.2, -0.15) is 10.5 Å². The van der Waals surface area contributed by atoms with Gasteiger partial charge in [-0.15, -0.1) is 5.92 Å². The molecule has 0 radical (unpaired) electrons. The van der Waals surface area contributed by atoms with E-state index in [9.17, 15) is 20.4 Å². The number of benzene rings is 1. The monoisotopic (exact) mass is 479 g/mol. The first kappa shape index (κ1) is 24.4. The molecule has 5 nitrogen and oxygen atoms in total. The molecule has 0 saturated heterocycles. The van der Waals surface area contributed by atoms with Crippen LogP contribution in [-0.4, -0.2) is 30.6 Å². The maximum absolute atomic E-state index is 12.8. The fraction of sp³-hybridized carbons (Fsp3) is 0.516. The molecule has 1 aromatic rings. The summed E-state index contributed by atoms with van der Waals surface area (Å²) >= 11 is 0. The smallest absolute Gasteiger partial charge is 0.209 e. The normalized spacial score (nSPS) is 34.1. The van der Waals surface area contributed by atoms with Gasteiger partial charge in [0.1, 0.15) is 5.60 Å². The van der Waals surface area contributed by atoms with Crippen molar-refractivity contribution in [2.75, 3.05) is 19.0 Å². The zero-order valence-electron chi connectivity index (χ0n) is 21.6. The molecule has 1 N–H and O–H groups in total. The number of fused-ring (bicyclic) bond motifs is 4. The van der Waals surface area contributed by atoms with E-state index in [1.165, 1.54) is 11.1 Å². The number of nitriles is 2. The molecule has 0 amide bonds. The highest BCUT2D eigenvalue weighted by Gasteiger charge is 2.63. The molecule has 0 unspecified atom stereocenters. The lowest BCUT2D eigenvalue weighted by molar-refractivity contribution is -0.119. The molecule has 2 saturated carbocycles. The molecule has 2 fully saturated rings. The van der Waals surface area contributed by atoms with Crippen LogP contribution < -0.4 is 4.90 Å². The Balaban J connectivity index is 1.72. The van der Waals surface area contributed by atoms with Crippen molar-refractivity contribution in [3.8, 4) is 24.0 Å². The van der Waals surface area contributed by atoms with E-state index in [0.717, 1.165) is 42.5 Å². The maximum Gasteiger partial charge on any atom is 0.209 e. The largest absolute Gasteiger partial charge is 0.378 e. The Labute approximate surface area is 214 Å². The van der Waals surface area contributed by atoms with Gasteiger partial charge in [0.25, 0.3) is 0 Å². The second-order valence-corrected chi connectivity index (χ2v) is 11.5. The average molecular weight is 480 g/mol. The number of rotatable bonds is 2. The molecule has 4 aliphatic rings. The standard InChI is InChI=1S/C31H33N3O2/c1-5-13-31(36)14-12-26-23-11-8-21-15-27(35)30(18-32,19-33)17-25(21)28(23)24(16-29(26,31)2)20-6-9-22(10-7-20)34(3)4/h6-7,9-10,15,23-24,26,36H,8,11-12,14,16-17H2,1-4H3/t23-,24+,26-,29-,31-/m0/s1. The highest BCUT2D eigenvalue weighted by atomic mass is 16.3. The van der Waals surface area contributed by atoms with Crippen LogP contribution in [0.25, 0.3) is 0 Å². The Morgan fingerprint density at radius 3 is 2.42 bits per heavy atom. The van der Waals surface area contributed by atoms with E-state index in [4.69, 9.17) is 0 Å². The van der Waals surface area contributed by atoms with E-state index in [2.05, 4.69) is 60.1 Å². The zero-order valence-corrected chi connectivity index (χ0v) is 21.6. The molecule has 1 aromatic carbocycles. The van der Waals surface area contributed by atoms with Gasteiger partial charge < -0.3 is 10.0 Å². The number of carbonyl (C=O) groups excluding carboxylic acids is 1. The number of carbonyl (C=O) groups is 1. The van der Waals surface area contributed by atoms with Crippen LogP contribution >= 0.6 is 0 Å². The summed E-state index contributed by atoms with van der Waals surface area (Å²) in [4.78, 5) is 14.9. The topological polar surface area (TPSA) is 88.1 Å². The molecule has 0 bridgehead atoms. The Kier molecular flexibility index (Phi) is 5.66. The van der Waals surface area contributed by atoms with E-state index < -0.39 is 11.0 Å². The predicted molar refractivity (Wildman–Crippen MR) is 138 cm³/mol. The first-order valence-corrected chi connectivity index (χ1v) is 12.9. The van der Waals surface area contributed by atoms with Crippen LogP contribution in [0, 0.1) is 57.2 Å². The van der Waals surface area contributed by atoms with Crippen LogP contribution in [0.2, 0.25) is 0 Å². The van der Waals surface area contributed by atoms with E-state index in [1.54, 1.807) is 13.0 Å². The van der Waals surface area contributed by atoms with Gasteiger partial charge in [-0.3, -0.25) is 4.79 Å². The molecule has 5 heteroatoms. The molecule has 0 aromatic heterocycles. The van der Waals surface area contributed by atoms with Gasteiger partial charge in [0.15, 0.2) is 5.78 Å². The zero-order chi connectivity index (χ0) is 25.9. The van der Waals surface area contributed by atoms with Crippen molar-refractivity contribution in [1.29, 1.82) is 10.5 Å². The molecular formula is C31H33N3O2. The van der Waals surface area contributed by atoms with Crippen LogP contribution in [0.1, 0.15) is 63.9 Å². The number of ketones is 1. The average Bonchev–Trinajstić information content (AvgIpc) is 3.13. The van der Waals surface area contributed by atoms with Crippen LogP contribution in [0.15, 0.2) is 47.1 Å². The van der Waals surface area contributed by atoms with Crippen molar-refractivity contribution >= 4 is 11.5 Å². The fourth-order valence-corrected chi connectivity index (χ4v) is 7.62. The Hall–Kier alpha value is -3.33. The first-order valence-electron chi connectivity index (χ1n) is 12.9. The van der Waals surface area contributed by atoms with Gasteiger partial charge in [-0.25, -0.2) is 0 Å². The molecule has 0 spiro atoms. The van der Waals surface area contributed by atoms with Crippen LogP contribution in [0.5, 0.6) is 0 Å². The summed E-state index contributed by atoms with van der Waals surface area (Å²) in [6.45, 7) is 4.00. The summed E-state index contributed by atoms with van der Waals surface area (Å²) < 4.78 is 0. The molecule has 0 aliphatic heterocycles. The first-order chi connectivity index (χ1) is 17.1. The van der Waals surface area contributed by atoms with Gasteiger partial charge in [0, 0.05) is 37.5 Å². The van der Waals surface area contributed by atoms with Gasteiger partial charge >= 0.3 is 0 Å². The molecule has 5 atom stereocenters. The molecule has 36 heavy (non-hydrogen) atoms. The summed E-state index contributed by atoms with van der Waals surface area (Å²) in [5.41, 5.74) is 2.53. The third kappa shape index (κ3) is 3.28. The molecule has 4 aliphatic carbocycles. The van der Waals surface area contributed by atoms with E-state index in [1.807, 2.05) is 14.1 Å².